The van der Waals surface area contributed by atoms with Crippen molar-refractivity contribution in [3.05, 3.63) is 48.0 Å². The number of hydrogen-bond acceptors (Lipinski definition) is 4. The van der Waals surface area contributed by atoms with Crippen LogP contribution in [0.5, 0.6) is 0 Å². The maximum atomic E-state index is 14.3. The first-order valence-corrected chi connectivity index (χ1v) is 10.4. The lowest BCUT2D eigenvalue weighted by atomic mass is 10.0. The van der Waals surface area contributed by atoms with Crippen LogP contribution in [-0.2, 0) is 15.5 Å². The predicted octanol–water partition coefficient (Wildman–Crippen LogP) is 3.28. The largest absolute Gasteiger partial charge is 0.481 e. The maximum absolute atomic E-state index is 14.3. The van der Waals surface area contributed by atoms with E-state index >= 15 is 0 Å². The van der Waals surface area contributed by atoms with Crippen molar-refractivity contribution in [1.82, 2.24) is 4.90 Å². The Kier molecular flexibility index (Phi) is 8.44. The summed E-state index contributed by atoms with van der Waals surface area (Å²) in [7, 11) is 0. The van der Waals surface area contributed by atoms with Gasteiger partial charge in [0.15, 0.2) is 0 Å². The number of carboxylic acid groups (broad SMARTS) is 1. The molecule has 0 spiro atoms. The summed E-state index contributed by atoms with van der Waals surface area (Å²) in [5, 5.41) is 18.6. The number of thioether (sulfide) groups is 1. The molecule has 0 radical (unpaired) electrons. The maximum Gasteiger partial charge on any atom is 0.313 e. The standard InChI is InChI=1S/C20H25F2NO4S/c21-20(22,15-6-2-1-3-7-15)17(24)10-8-16-9-11-18(25)23(16)12-4-5-13-28-14-19(26)27/h1-3,6-8,10,16-17,24H,4-5,9,11-14H2,(H,26,27)/b10-8+/t16-,17?/m0/s1. The average Bonchev–Trinajstić information content (AvgIpc) is 3.02. The molecule has 28 heavy (non-hydrogen) atoms. The molecule has 0 aliphatic carbocycles. The van der Waals surface area contributed by atoms with Crippen LogP contribution in [0.3, 0.4) is 0 Å². The van der Waals surface area contributed by atoms with Crippen LogP contribution in [0.2, 0.25) is 0 Å². The zero-order valence-corrected chi connectivity index (χ0v) is 16.3. The Labute approximate surface area is 167 Å². The Hall–Kier alpha value is -1.93. The zero-order valence-electron chi connectivity index (χ0n) is 15.5. The normalized spacial score (nSPS) is 18.8. The van der Waals surface area contributed by atoms with Gasteiger partial charge in [-0.3, -0.25) is 9.59 Å². The fraction of sp³-hybridized carbons (Fsp3) is 0.500. The smallest absolute Gasteiger partial charge is 0.313 e. The highest BCUT2D eigenvalue weighted by atomic mass is 32.2. The molecule has 0 saturated carbocycles. The van der Waals surface area contributed by atoms with Crippen LogP contribution in [0.15, 0.2) is 42.5 Å². The number of aliphatic hydroxyl groups excluding tert-OH is 1. The van der Waals surface area contributed by atoms with Gasteiger partial charge in [-0.25, -0.2) is 0 Å². The third kappa shape index (κ3) is 6.31. The van der Waals surface area contributed by atoms with Crippen LogP contribution >= 0.6 is 11.8 Å². The number of aliphatic hydroxyl groups is 1. The van der Waals surface area contributed by atoms with Crippen molar-refractivity contribution < 1.29 is 28.6 Å². The number of halogens is 2. The van der Waals surface area contributed by atoms with Gasteiger partial charge in [-0.2, -0.15) is 20.5 Å². The van der Waals surface area contributed by atoms with E-state index < -0.39 is 18.0 Å². The summed E-state index contributed by atoms with van der Waals surface area (Å²) in [6.45, 7) is 0.493. The molecule has 1 aromatic carbocycles. The molecule has 2 N–H and O–H groups in total. The molecular formula is C20H25F2NO4S. The highest BCUT2D eigenvalue weighted by Gasteiger charge is 2.39. The Morgan fingerprint density at radius 1 is 1.32 bits per heavy atom. The van der Waals surface area contributed by atoms with Crippen LogP contribution in [0.4, 0.5) is 8.78 Å². The minimum Gasteiger partial charge on any atom is -0.481 e. The molecule has 0 aromatic heterocycles. The van der Waals surface area contributed by atoms with Gasteiger partial charge < -0.3 is 15.1 Å². The molecule has 1 aliphatic rings. The zero-order chi connectivity index (χ0) is 20.6. The number of nitrogens with zero attached hydrogens (tertiary/aromatic N) is 1. The number of likely N-dealkylation sites (tertiary alicyclic amines) is 1. The van der Waals surface area contributed by atoms with Crippen molar-refractivity contribution in [3.8, 4) is 0 Å². The van der Waals surface area contributed by atoms with Crippen LogP contribution in [-0.4, -0.2) is 57.2 Å². The van der Waals surface area contributed by atoms with Crippen LogP contribution in [0, 0.1) is 0 Å². The molecule has 8 heteroatoms. The second kappa shape index (κ2) is 10.6. The van der Waals surface area contributed by atoms with E-state index in [-0.39, 0.29) is 23.3 Å². The molecule has 1 saturated heterocycles. The number of hydrogen-bond donors (Lipinski definition) is 2. The van der Waals surface area contributed by atoms with E-state index in [2.05, 4.69) is 0 Å². The molecule has 1 fully saturated rings. The number of amides is 1. The van der Waals surface area contributed by atoms with Crippen molar-refractivity contribution in [1.29, 1.82) is 0 Å². The summed E-state index contributed by atoms with van der Waals surface area (Å²) in [4.78, 5) is 24.2. The van der Waals surface area contributed by atoms with E-state index in [0.29, 0.717) is 31.6 Å². The molecule has 154 valence electrons. The summed E-state index contributed by atoms with van der Waals surface area (Å²) in [6, 6.07) is 6.84. The molecule has 5 nitrogen and oxygen atoms in total. The van der Waals surface area contributed by atoms with Gasteiger partial charge in [-0.1, -0.05) is 42.5 Å². The number of benzene rings is 1. The van der Waals surface area contributed by atoms with E-state index in [9.17, 15) is 23.5 Å². The summed E-state index contributed by atoms with van der Waals surface area (Å²) < 4.78 is 28.7. The predicted molar refractivity (Wildman–Crippen MR) is 104 cm³/mol. The molecule has 1 aromatic rings. The molecule has 2 rings (SSSR count). The number of carboxylic acids is 1. The lowest BCUT2D eigenvalue weighted by molar-refractivity contribution is -0.134. The number of carbonyl (C=O) groups excluding carboxylic acids is 1. The number of rotatable bonds is 11. The fourth-order valence-electron chi connectivity index (χ4n) is 3.08. The van der Waals surface area contributed by atoms with E-state index in [1.165, 1.54) is 42.1 Å². The molecule has 1 aliphatic heterocycles. The Balaban J connectivity index is 1.87. The average molecular weight is 413 g/mol. The minimum absolute atomic E-state index is 0.0304. The lowest BCUT2D eigenvalue weighted by Gasteiger charge is -2.24. The first-order chi connectivity index (χ1) is 13.3. The first kappa shape index (κ1) is 22.4. The number of carbonyl (C=O) groups is 2. The van der Waals surface area contributed by atoms with E-state index in [0.717, 1.165) is 12.5 Å². The number of aliphatic carboxylic acids is 1. The molecule has 1 unspecified atom stereocenters. The molecule has 1 amide bonds. The van der Waals surface area contributed by atoms with E-state index in [1.54, 1.807) is 11.0 Å². The first-order valence-electron chi connectivity index (χ1n) is 9.21. The van der Waals surface area contributed by atoms with Gasteiger partial charge in [0.1, 0.15) is 6.10 Å². The highest BCUT2D eigenvalue weighted by Crippen LogP contribution is 2.32. The van der Waals surface area contributed by atoms with Crippen molar-refractivity contribution >= 4 is 23.6 Å². The van der Waals surface area contributed by atoms with Gasteiger partial charge in [-0.05, 0) is 25.0 Å². The van der Waals surface area contributed by atoms with E-state index in [1.807, 2.05) is 0 Å². The second-order valence-corrected chi connectivity index (χ2v) is 7.77. The van der Waals surface area contributed by atoms with Crippen LogP contribution in [0.25, 0.3) is 0 Å². The summed E-state index contributed by atoms with van der Waals surface area (Å²) >= 11 is 1.33. The van der Waals surface area contributed by atoms with Crippen molar-refractivity contribution in [3.63, 3.8) is 0 Å². The third-order valence-electron chi connectivity index (χ3n) is 4.58. The number of unbranched alkanes of at least 4 members (excludes halogenated alkanes) is 1. The summed E-state index contributed by atoms with van der Waals surface area (Å²) in [6.07, 6.45) is 2.97. The third-order valence-corrected chi connectivity index (χ3v) is 5.61. The monoisotopic (exact) mass is 413 g/mol. The van der Waals surface area contributed by atoms with Gasteiger partial charge in [0.05, 0.1) is 11.8 Å². The quantitative estimate of drug-likeness (QED) is 0.430. The molecule has 0 bridgehead atoms. The SMILES string of the molecule is O=C(O)CSCCCCN1C(=O)CC[C@@H]1/C=C/C(O)C(F)(F)c1ccccc1. The lowest BCUT2D eigenvalue weighted by Crippen LogP contribution is -2.34. The fourth-order valence-corrected chi connectivity index (χ4v) is 3.80. The summed E-state index contributed by atoms with van der Waals surface area (Å²) in [5.41, 5.74) is -0.259. The molecular weight excluding hydrogens is 388 g/mol. The van der Waals surface area contributed by atoms with Crippen LogP contribution in [0.1, 0.15) is 31.2 Å². The Bertz CT molecular complexity index is 684. The highest BCUT2D eigenvalue weighted by molar-refractivity contribution is 7.99. The Morgan fingerprint density at radius 2 is 2.04 bits per heavy atom. The molecule has 2 atom stereocenters. The van der Waals surface area contributed by atoms with E-state index in [4.69, 9.17) is 5.11 Å². The Morgan fingerprint density at radius 3 is 2.71 bits per heavy atom. The van der Waals surface area contributed by atoms with Crippen molar-refractivity contribution in [2.45, 2.75) is 43.8 Å². The number of alkyl halides is 2. The topological polar surface area (TPSA) is 77.8 Å². The van der Waals surface area contributed by atoms with Gasteiger partial charge in [0.2, 0.25) is 5.91 Å². The van der Waals surface area contributed by atoms with Crippen molar-refractivity contribution in [2.24, 2.45) is 0 Å². The second-order valence-electron chi connectivity index (χ2n) is 6.67. The minimum atomic E-state index is -3.41. The van der Waals surface area contributed by atoms with Gasteiger partial charge in [-0.15, -0.1) is 0 Å². The van der Waals surface area contributed by atoms with Crippen LogP contribution < -0.4 is 0 Å². The van der Waals surface area contributed by atoms with Gasteiger partial charge >= 0.3 is 11.9 Å². The van der Waals surface area contributed by atoms with Gasteiger partial charge in [0.25, 0.3) is 0 Å². The van der Waals surface area contributed by atoms with Crippen molar-refractivity contribution in [2.75, 3.05) is 18.1 Å². The van der Waals surface area contributed by atoms with Gasteiger partial charge in [0, 0.05) is 18.5 Å². The molecule has 1 heterocycles. The summed E-state index contributed by atoms with van der Waals surface area (Å²) in [5.74, 6) is -3.54.